The molecule has 0 saturated heterocycles. The zero-order chi connectivity index (χ0) is 14.6. The van der Waals surface area contributed by atoms with Crippen molar-refractivity contribution >= 4 is 11.9 Å². The third kappa shape index (κ3) is 4.24. The lowest BCUT2D eigenvalue weighted by atomic mass is 10.1. The maximum atomic E-state index is 11.8. The Morgan fingerprint density at radius 1 is 1.37 bits per heavy atom. The van der Waals surface area contributed by atoms with Gasteiger partial charge in [-0.2, -0.15) is 0 Å². The van der Waals surface area contributed by atoms with Crippen LogP contribution in [-0.2, 0) is 4.74 Å². The predicted molar refractivity (Wildman–Crippen MR) is 70.2 cm³/mol. The molecule has 0 unspecified atom stereocenters. The van der Waals surface area contributed by atoms with E-state index in [2.05, 4.69) is 10.3 Å². The molecule has 1 heterocycles. The molecule has 0 radical (unpaired) electrons. The van der Waals surface area contributed by atoms with Gasteiger partial charge >= 0.3 is 5.97 Å². The van der Waals surface area contributed by atoms with Crippen molar-refractivity contribution in [2.75, 3.05) is 6.54 Å². The van der Waals surface area contributed by atoms with E-state index in [1.165, 1.54) is 12.3 Å². The fourth-order valence-corrected chi connectivity index (χ4v) is 1.36. The van der Waals surface area contributed by atoms with Gasteiger partial charge in [-0.1, -0.05) is 0 Å². The summed E-state index contributed by atoms with van der Waals surface area (Å²) >= 11 is 0. The molecule has 1 aromatic heterocycles. The molecule has 0 aliphatic rings. The van der Waals surface area contributed by atoms with Crippen LogP contribution in [0.1, 0.15) is 48.4 Å². The van der Waals surface area contributed by atoms with Crippen molar-refractivity contribution in [3.63, 3.8) is 0 Å². The van der Waals surface area contributed by atoms with Gasteiger partial charge in [0.15, 0.2) is 0 Å². The normalized spacial score (nSPS) is 10.9. The van der Waals surface area contributed by atoms with Crippen LogP contribution >= 0.6 is 0 Å². The zero-order valence-electron chi connectivity index (χ0n) is 11.5. The predicted octanol–water partition coefficient (Wildman–Crippen LogP) is 1.08. The monoisotopic (exact) mass is 266 g/mol. The fraction of sp³-hybridized carbons (Fsp3) is 0.462. The lowest BCUT2D eigenvalue weighted by Crippen LogP contribution is -2.30. The molecule has 0 aliphatic carbocycles. The summed E-state index contributed by atoms with van der Waals surface area (Å²) in [7, 11) is 0. The summed E-state index contributed by atoms with van der Waals surface area (Å²) in [4.78, 5) is 37.4. The Hall–Kier alpha value is -2.11. The van der Waals surface area contributed by atoms with Crippen LogP contribution in [0, 0.1) is 0 Å². The third-order valence-electron chi connectivity index (χ3n) is 2.12. The Bertz CT molecular complexity index is 540. The van der Waals surface area contributed by atoms with Crippen molar-refractivity contribution in [3.05, 3.63) is 33.7 Å². The molecule has 19 heavy (non-hydrogen) atoms. The summed E-state index contributed by atoms with van der Waals surface area (Å²) < 4.78 is 5.11. The lowest BCUT2D eigenvalue weighted by molar-refractivity contribution is 0.00675. The maximum Gasteiger partial charge on any atom is 0.344 e. The number of esters is 1. The maximum absolute atomic E-state index is 11.8. The van der Waals surface area contributed by atoms with E-state index in [0.717, 1.165) is 0 Å². The molecule has 1 rings (SSSR count). The van der Waals surface area contributed by atoms with Gasteiger partial charge in [0, 0.05) is 12.7 Å². The van der Waals surface area contributed by atoms with Gasteiger partial charge in [-0.05, 0) is 33.8 Å². The number of aromatic nitrogens is 1. The van der Waals surface area contributed by atoms with Crippen LogP contribution in [0.5, 0.6) is 0 Å². The van der Waals surface area contributed by atoms with Crippen molar-refractivity contribution < 1.29 is 14.3 Å². The minimum Gasteiger partial charge on any atom is -0.456 e. The van der Waals surface area contributed by atoms with Gasteiger partial charge in [-0.25, -0.2) is 4.79 Å². The smallest absolute Gasteiger partial charge is 0.344 e. The number of aromatic amines is 1. The molecule has 1 aromatic rings. The summed E-state index contributed by atoms with van der Waals surface area (Å²) in [6, 6.07) is 1.23. The van der Waals surface area contributed by atoms with Crippen molar-refractivity contribution in [1.29, 1.82) is 0 Å². The van der Waals surface area contributed by atoms with E-state index in [1.807, 2.05) is 0 Å². The minimum atomic E-state index is -0.750. The molecular formula is C13H18N2O4. The fourth-order valence-electron chi connectivity index (χ4n) is 1.36. The van der Waals surface area contributed by atoms with Gasteiger partial charge in [-0.15, -0.1) is 0 Å². The van der Waals surface area contributed by atoms with E-state index in [0.29, 0.717) is 6.54 Å². The van der Waals surface area contributed by atoms with Crippen molar-refractivity contribution in [1.82, 2.24) is 10.3 Å². The molecular weight excluding hydrogens is 248 g/mol. The Labute approximate surface area is 111 Å². The molecule has 104 valence electrons. The number of carbonyl (C=O) groups is 2. The number of nitrogens with one attached hydrogen (secondary N) is 2. The molecule has 0 aliphatic heterocycles. The highest BCUT2D eigenvalue weighted by atomic mass is 16.6. The van der Waals surface area contributed by atoms with Gasteiger partial charge < -0.3 is 15.0 Å². The summed E-state index contributed by atoms with van der Waals surface area (Å²) in [5, 5.41) is 2.58. The van der Waals surface area contributed by atoms with Gasteiger partial charge in [0.25, 0.3) is 11.5 Å². The molecule has 0 saturated carbocycles. The number of rotatable bonds is 3. The van der Waals surface area contributed by atoms with Gasteiger partial charge in [0.05, 0.1) is 5.56 Å². The average Bonchev–Trinajstić information content (AvgIpc) is 2.27. The van der Waals surface area contributed by atoms with Crippen LogP contribution < -0.4 is 10.9 Å². The number of amides is 1. The van der Waals surface area contributed by atoms with Gasteiger partial charge in [0.1, 0.15) is 11.2 Å². The summed E-state index contributed by atoms with van der Waals surface area (Å²) in [6.07, 6.45) is 1.27. The first kappa shape index (κ1) is 14.9. The number of pyridine rings is 1. The van der Waals surface area contributed by atoms with E-state index in [9.17, 15) is 14.4 Å². The minimum absolute atomic E-state index is 0.182. The van der Waals surface area contributed by atoms with Crippen LogP contribution in [0.2, 0.25) is 0 Å². The standard InChI is InChI=1S/C13H18N2O4/c1-5-14-10(16)8-6-9(11(17)15-7-8)12(18)19-13(2,3)4/h6-7H,5H2,1-4H3,(H,14,16)(H,15,17). The van der Waals surface area contributed by atoms with Crippen LogP contribution in [0.15, 0.2) is 17.1 Å². The quantitative estimate of drug-likeness (QED) is 0.801. The van der Waals surface area contributed by atoms with E-state index >= 15 is 0 Å². The highest BCUT2D eigenvalue weighted by molar-refractivity contribution is 5.97. The third-order valence-corrected chi connectivity index (χ3v) is 2.12. The Morgan fingerprint density at radius 3 is 2.53 bits per heavy atom. The first-order valence-electron chi connectivity index (χ1n) is 5.99. The second kappa shape index (κ2) is 5.69. The Kier molecular flexibility index (Phi) is 4.47. The van der Waals surface area contributed by atoms with Crippen molar-refractivity contribution in [2.45, 2.75) is 33.3 Å². The summed E-state index contributed by atoms with van der Waals surface area (Å²) in [5.41, 5.74) is -1.26. The molecule has 6 heteroatoms. The number of carbonyl (C=O) groups excluding carboxylic acids is 2. The Morgan fingerprint density at radius 2 is 2.00 bits per heavy atom. The van der Waals surface area contributed by atoms with Crippen molar-refractivity contribution in [3.8, 4) is 0 Å². The van der Waals surface area contributed by atoms with E-state index in [1.54, 1.807) is 27.7 Å². The second-order valence-corrected chi connectivity index (χ2v) is 4.99. The summed E-state index contributed by atoms with van der Waals surface area (Å²) in [6.45, 7) is 7.34. The second-order valence-electron chi connectivity index (χ2n) is 4.99. The topological polar surface area (TPSA) is 88.3 Å². The van der Waals surface area contributed by atoms with E-state index in [-0.39, 0.29) is 17.0 Å². The number of hydrogen-bond donors (Lipinski definition) is 2. The van der Waals surface area contributed by atoms with Crippen LogP contribution in [-0.4, -0.2) is 29.0 Å². The first-order chi connectivity index (χ1) is 8.74. The number of H-pyrrole nitrogens is 1. The zero-order valence-corrected chi connectivity index (χ0v) is 11.5. The molecule has 0 aromatic carbocycles. The highest BCUT2D eigenvalue weighted by Gasteiger charge is 2.21. The molecule has 1 amide bonds. The molecule has 0 atom stereocenters. The molecule has 0 fully saturated rings. The van der Waals surface area contributed by atoms with Crippen LogP contribution in [0.4, 0.5) is 0 Å². The molecule has 0 bridgehead atoms. The molecule has 6 nitrogen and oxygen atoms in total. The van der Waals surface area contributed by atoms with Crippen LogP contribution in [0.3, 0.4) is 0 Å². The molecule has 2 N–H and O–H groups in total. The highest BCUT2D eigenvalue weighted by Crippen LogP contribution is 2.10. The average molecular weight is 266 g/mol. The Balaban J connectivity index is 3.07. The number of ether oxygens (including phenoxy) is 1. The first-order valence-corrected chi connectivity index (χ1v) is 5.99. The lowest BCUT2D eigenvalue weighted by Gasteiger charge is -2.19. The van der Waals surface area contributed by atoms with E-state index < -0.39 is 17.1 Å². The van der Waals surface area contributed by atoms with Gasteiger partial charge in [-0.3, -0.25) is 9.59 Å². The summed E-state index contributed by atoms with van der Waals surface area (Å²) in [5.74, 6) is -1.11. The van der Waals surface area contributed by atoms with Gasteiger partial charge in [0.2, 0.25) is 0 Å². The largest absolute Gasteiger partial charge is 0.456 e. The SMILES string of the molecule is CCNC(=O)c1c[nH]c(=O)c(C(=O)OC(C)(C)C)c1. The van der Waals surface area contributed by atoms with Crippen LogP contribution in [0.25, 0.3) is 0 Å². The number of hydrogen-bond acceptors (Lipinski definition) is 4. The van der Waals surface area contributed by atoms with E-state index in [4.69, 9.17) is 4.74 Å². The van der Waals surface area contributed by atoms with Crippen molar-refractivity contribution in [2.24, 2.45) is 0 Å². The molecule has 0 spiro atoms.